The highest BCUT2D eigenvalue weighted by atomic mass is 16.5. The van der Waals surface area contributed by atoms with Gasteiger partial charge < -0.3 is 14.9 Å². The van der Waals surface area contributed by atoms with E-state index in [9.17, 15) is 15.0 Å². The number of methoxy groups -OCH3 is 1. The summed E-state index contributed by atoms with van der Waals surface area (Å²) in [6, 6.07) is 95.5. The van der Waals surface area contributed by atoms with Crippen LogP contribution in [0.5, 0.6) is 11.5 Å². The summed E-state index contributed by atoms with van der Waals surface area (Å²) in [5.41, 5.74) is 29.8. The molecule has 4 atom stereocenters. The molecule has 116 heavy (non-hydrogen) atoms. The van der Waals surface area contributed by atoms with E-state index < -0.39 is 5.97 Å². The van der Waals surface area contributed by atoms with Gasteiger partial charge in [0.15, 0.2) is 0 Å². The average Bonchev–Trinajstić information content (AvgIpc) is 1.63. The Kier molecular flexibility index (Phi) is 21.9. The molecular formula is C99H93N13O4. The molecular weight excluding hydrogens is 1440 g/mol. The Balaban J connectivity index is 0.000000111. The van der Waals surface area contributed by atoms with Gasteiger partial charge in [-0.25, -0.2) is 24.7 Å². The van der Waals surface area contributed by atoms with Crippen molar-refractivity contribution in [2.45, 2.75) is 130 Å². The number of aromatic nitrogens is 8. The number of benzene rings is 12. The normalized spacial score (nSPS) is 16.7. The average molecular weight is 1530 g/mol. The minimum atomic E-state index is -0.864. The van der Waals surface area contributed by atoms with Crippen molar-refractivity contribution in [1.82, 2.24) is 57.8 Å². The minimum Gasteiger partial charge on any atom is -0.508 e. The first-order valence-electron chi connectivity index (χ1n) is 40.0. The zero-order chi connectivity index (χ0) is 79.3. The summed E-state index contributed by atoms with van der Waals surface area (Å²) in [6.07, 6.45) is 11.5. The zero-order valence-corrected chi connectivity index (χ0v) is 66.0. The number of carboxylic acid groups (broad SMARTS) is 1. The van der Waals surface area contributed by atoms with E-state index in [1.165, 1.54) is 61.2 Å². The minimum absolute atomic E-state index is 0.347. The predicted octanol–water partition coefficient (Wildman–Crippen LogP) is 19.2. The number of carboxylic acids is 1. The van der Waals surface area contributed by atoms with Gasteiger partial charge in [0.05, 0.1) is 68.4 Å². The quantitative estimate of drug-likeness (QED) is 0.105. The van der Waals surface area contributed by atoms with Gasteiger partial charge in [-0.05, 0) is 266 Å². The van der Waals surface area contributed by atoms with Gasteiger partial charge in [0.2, 0.25) is 0 Å². The lowest BCUT2D eigenvalue weighted by Crippen LogP contribution is -2.37. The number of phenolic OH excluding ortho intramolecular Hbond substituents is 1. The van der Waals surface area contributed by atoms with Gasteiger partial charge in [-0.3, -0.25) is 37.9 Å². The smallest absolute Gasteiger partial charge is 0.335 e. The molecule has 4 aliphatic heterocycles. The second-order valence-electron chi connectivity index (χ2n) is 31.4. The lowest BCUT2D eigenvalue weighted by Gasteiger charge is -2.35. The number of aromatic hydroxyl groups is 1. The molecule has 8 heterocycles. The summed E-state index contributed by atoms with van der Waals surface area (Å²) < 4.78 is 14.0. The van der Waals surface area contributed by atoms with E-state index in [1.54, 1.807) is 19.2 Å². The number of ether oxygens (including phenoxy) is 1. The monoisotopic (exact) mass is 1530 g/mol. The molecule has 0 saturated carbocycles. The number of para-hydroxylation sites is 8. The molecule has 4 aliphatic rings. The van der Waals surface area contributed by atoms with Gasteiger partial charge in [-0.2, -0.15) is 5.26 Å². The molecule has 20 rings (SSSR count). The number of carbonyl (C=O) groups is 1. The fourth-order valence-electron chi connectivity index (χ4n) is 17.1. The molecule has 2 N–H and O–H groups in total. The zero-order valence-electron chi connectivity index (χ0n) is 66.0. The van der Waals surface area contributed by atoms with Crippen LogP contribution in [0.25, 0.3) is 66.9 Å². The Morgan fingerprint density at radius 3 is 1.04 bits per heavy atom. The van der Waals surface area contributed by atoms with E-state index in [0.29, 0.717) is 35.5 Å². The predicted molar refractivity (Wildman–Crippen MR) is 460 cm³/mol. The lowest BCUT2D eigenvalue weighted by atomic mass is 9.92. The number of fused-ring (bicyclic) bond motifs is 8. The molecule has 0 radical (unpaired) electrons. The molecule has 0 fully saturated rings. The maximum atomic E-state index is 11.3. The van der Waals surface area contributed by atoms with E-state index >= 15 is 0 Å². The van der Waals surface area contributed by atoms with Crippen LogP contribution in [0.2, 0.25) is 0 Å². The van der Waals surface area contributed by atoms with E-state index in [0.717, 1.165) is 162 Å². The van der Waals surface area contributed by atoms with Gasteiger partial charge in [0.25, 0.3) is 0 Å². The van der Waals surface area contributed by atoms with Crippen molar-refractivity contribution in [1.29, 1.82) is 5.26 Å². The molecule has 12 aromatic carbocycles. The first-order valence-corrected chi connectivity index (χ1v) is 40.0. The van der Waals surface area contributed by atoms with Crippen molar-refractivity contribution in [2.24, 2.45) is 0 Å². The SMILES string of the molecule is CC1Cc2cc(C#N)ccc2CN1Cc1cccc(-n2cnc3ccccc32)c1.CC1Cc2cc(C(=O)O)ccc2CN1Cc1cccc(-n2cnc3ccccc32)c1.CC1Cc2cc(O)ccc2CN1Cc1cccc(-n2cnc3ccccc32)c1.COc1ccc2c(c1)CC(C)N(Cc1cccc(-n3cnc4ccccc43)c1)C2. The second kappa shape index (κ2) is 33.5. The van der Waals surface area contributed by atoms with E-state index in [1.807, 2.05) is 104 Å². The molecule has 4 aromatic heterocycles. The Labute approximate surface area is 676 Å². The largest absolute Gasteiger partial charge is 0.508 e. The Morgan fingerprint density at radius 1 is 0.371 bits per heavy atom. The van der Waals surface area contributed by atoms with Crippen LogP contribution in [0.15, 0.2) is 292 Å². The third-order valence-corrected chi connectivity index (χ3v) is 23.6. The second-order valence-corrected chi connectivity index (χ2v) is 31.4. The first-order chi connectivity index (χ1) is 56.7. The molecule has 17 heteroatoms. The summed E-state index contributed by atoms with van der Waals surface area (Å²) in [7, 11) is 1.73. The van der Waals surface area contributed by atoms with Crippen LogP contribution in [0.3, 0.4) is 0 Å². The highest BCUT2D eigenvalue weighted by Crippen LogP contribution is 2.34. The maximum absolute atomic E-state index is 11.3. The highest BCUT2D eigenvalue weighted by Gasteiger charge is 2.29. The molecule has 4 unspecified atom stereocenters. The Hall–Kier alpha value is -13.1. The molecule has 0 amide bonds. The number of nitrogens with zero attached hydrogens (tertiary/aromatic N) is 13. The van der Waals surface area contributed by atoms with Crippen LogP contribution < -0.4 is 4.74 Å². The van der Waals surface area contributed by atoms with Gasteiger partial charge in [-0.15, -0.1) is 0 Å². The topological polar surface area (TPSA) is 175 Å². The van der Waals surface area contributed by atoms with Crippen LogP contribution >= 0.6 is 0 Å². The van der Waals surface area contributed by atoms with Gasteiger partial charge in [0.1, 0.15) is 36.8 Å². The van der Waals surface area contributed by atoms with Crippen molar-refractivity contribution in [3.63, 3.8) is 0 Å². The molecule has 16 aromatic rings. The number of phenols is 1. The third-order valence-electron chi connectivity index (χ3n) is 23.6. The Bertz CT molecular complexity index is 6300. The van der Waals surface area contributed by atoms with Crippen LogP contribution in [-0.2, 0) is 78.0 Å². The standard InChI is InChI=1S/C25H22N4.C25H23N3O2.C25H25N3O.C24H23N3O/c1-18-11-22-12-19(14-26)9-10-21(22)16-28(18)15-20-5-4-6-23(13-20)29-17-27-24-7-2-3-8-25(24)29;1-17-11-21-13-19(25(29)30)9-10-20(21)15-27(17)14-18-5-4-6-22(12-18)28-16-26-23-7-2-3-8-24(23)28;1-18-12-21-14-23(29-2)11-10-20(21)16-27(18)15-19-6-5-7-22(13-19)28-17-26-24-8-3-4-9-25(24)28;1-17-11-20-13-22(28)10-9-19(20)15-26(17)14-18-5-4-6-21(12-18)27-16-25-23-7-2-3-8-24(23)27/h2-10,12-13,17-18H,11,15-16H2,1H3;2-10,12-13,16-17H,11,14-15H2,1H3,(H,29,30);3-11,13-14,17-18H,12,15-16H2,1-2H3;2-10,12-13,16-17,28H,11,14-15H2,1H3. The van der Waals surface area contributed by atoms with Gasteiger partial charge in [0, 0.05) is 99.3 Å². The molecule has 578 valence electrons. The summed E-state index contributed by atoms with van der Waals surface area (Å²) in [4.78, 5) is 39.4. The number of hydrogen-bond acceptors (Lipinski definition) is 12. The summed E-state index contributed by atoms with van der Waals surface area (Å²) in [6.45, 7) is 16.3. The number of imidazole rings is 4. The number of hydrogen-bond donors (Lipinski definition) is 2. The molecule has 0 bridgehead atoms. The maximum Gasteiger partial charge on any atom is 0.335 e. The van der Waals surface area contributed by atoms with Gasteiger partial charge in [-0.1, -0.05) is 121 Å². The molecule has 0 aliphatic carbocycles. The molecule has 0 spiro atoms. The summed E-state index contributed by atoms with van der Waals surface area (Å²) in [5.74, 6) is 0.445. The van der Waals surface area contributed by atoms with E-state index in [4.69, 9.17) is 10.00 Å². The fourth-order valence-corrected chi connectivity index (χ4v) is 17.1. The first kappa shape index (κ1) is 75.6. The van der Waals surface area contributed by atoms with Crippen molar-refractivity contribution in [3.8, 4) is 40.3 Å². The van der Waals surface area contributed by atoms with Crippen LogP contribution in [0.1, 0.15) is 110 Å². The summed E-state index contributed by atoms with van der Waals surface area (Å²) in [5, 5.41) is 28.2. The summed E-state index contributed by atoms with van der Waals surface area (Å²) >= 11 is 0. The van der Waals surface area contributed by atoms with Crippen LogP contribution in [-0.4, -0.2) is 105 Å². The van der Waals surface area contributed by atoms with Crippen molar-refractivity contribution >= 4 is 50.1 Å². The molecule has 0 saturated heterocycles. The lowest BCUT2D eigenvalue weighted by molar-refractivity contribution is 0.0696. The van der Waals surface area contributed by atoms with Crippen molar-refractivity contribution in [2.75, 3.05) is 7.11 Å². The third kappa shape index (κ3) is 16.5. The number of aromatic carboxylic acids is 1. The van der Waals surface area contributed by atoms with E-state index in [-0.39, 0.29) is 0 Å². The number of rotatable bonds is 14. The van der Waals surface area contributed by atoms with Crippen LogP contribution in [0.4, 0.5) is 0 Å². The van der Waals surface area contributed by atoms with E-state index in [2.05, 4.69) is 267 Å². The highest BCUT2D eigenvalue weighted by molar-refractivity contribution is 5.88. The van der Waals surface area contributed by atoms with Crippen molar-refractivity contribution < 1.29 is 19.7 Å². The molecule has 17 nitrogen and oxygen atoms in total. The Morgan fingerprint density at radius 2 is 0.690 bits per heavy atom. The fraction of sp³-hybridized carbons (Fsp3) is 0.212. The van der Waals surface area contributed by atoms with Gasteiger partial charge >= 0.3 is 5.97 Å². The number of nitriles is 1. The van der Waals surface area contributed by atoms with Crippen molar-refractivity contribution in [3.05, 3.63) is 370 Å². The van der Waals surface area contributed by atoms with Crippen LogP contribution in [0, 0.1) is 11.3 Å².